The number of aromatic hydroxyl groups is 1. The van der Waals surface area contributed by atoms with Gasteiger partial charge in [0, 0.05) is 12.1 Å². The molecule has 21 heavy (non-hydrogen) atoms. The molecule has 0 aliphatic rings. The molecule has 7 nitrogen and oxygen atoms in total. The van der Waals surface area contributed by atoms with Gasteiger partial charge >= 0.3 is 5.97 Å². The van der Waals surface area contributed by atoms with Gasteiger partial charge in [0.05, 0.1) is 4.92 Å². The molecular formula is C14H11NO6. The van der Waals surface area contributed by atoms with Crippen molar-refractivity contribution in [3.63, 3.8) is 0 Å². The second-order valence-electron chi connectivity index (χ2n) is 4.20. The number of nitro benzene ring substituents is 1. The number of carboxylic acids is 1. The van der Waals surface area contributed by atoms with E-state index in [-0.39, 0.29) is 18.1 Å². The minimum atomic E-state index is -1.39. The number of carboxylic acid groups (broad SMARTS) is 1. The van der Waals surface area contributed by atoms with Gasteiger partial charge in [-0.3, -0.25) is 10.1 Å². The quantitative estimate of drug-likeness (QED) is 0.646. The average Bonchev–Trinajstić information content (AvgIpc) is 2.46. The summed E-state index contributed by atoms with van der Waals surface area (Å²) in [6.45, 7) is 0.150. The van der Waals surface area contributed by atoms with Gasteiger partial charge in [0.2, 0.25) is 0 Å². The second kappa shape index (κ2) is 5.91. The first-order chi connectivity index (χ1) is 9.97. The van der Waals surface area contributed by atoms with Gasteiger partial charge in [-0.05, 0) is 23.8 Å². The first-order valence-electron chi connectivity index (χ1n) is 5.90. The topological polar surface area (TPSA) is 110 Å². The van der Waals surface area contributed by atoms with Crippen LogP contribution in [0.1, 0.15) is 15.9 Å². The van der Waals surface area contributed by atoms with E-state index in [0.717, 1.165) is 17.7 Å². The lowest BCUT2D eigenvalue weighted by Crippen LogP contribution is -2.04. The lowest BCUT2D eigenvalue weighted by atomic mass is 10.1. The Hall–Kier alpha value is -3.09. The molecule has 0 aliphatic heterocycles. The van der Waals surface area contributed by atoms with Crippen LogP contribution in [0.5, 0.6) is 11.5 Å². The summed E-state index contributed by atoms with van der Waals surface area (Å²) < 4.78 is 5.39. The fraction of sp³-hybridized carbons (Fsp3) is 0.0714. The summed E-state index contributed by atoms with van der Waals surface area (Å²) in [7, 11) is 0. The van der Waals surface area contributed by atoms with Crippen LogP contribution in [0.2, 0.25) is 0 Å². The molecule has 0 saturated heterocycles. The van der Waals surface area contributed by atoms with Gasteiger partial charge in [-0.15, -0.1) is 0 Å². The highest BCUT2D eigenvalue weighted by Gasteiger charge is 2.20. The molecule has 0 saturated carbocycles. The lowest BCUT2D eigenvalue weighted by Gasteiger charge is -2.07. The third-order valence-electron chi connectivity index (χ3n) is 2.74. The number of benzene rings is 2. The zero-order chi connectivity index (χ0) is 15.4. The molecule has 0 spiro atoms. The fourth-order valence-corrected chi connectivity index (χ4v) is 1.69. The van der Waals surface area contributed by atoms with Crippen molar-refractivity contribution < 1.29 is 24.7 Å². The number of hydrogen-bond acceptors (Lipinski definition) is 5. The number of ether oxygens (including phenoxy) is 1. The SMILES string of the molecule is O=C(O)c1cc(OCc2ccc(O)cc2)ccc1[N+](=O)[O-]. The number of nitrogens with zero attached hydrogens (tertiary/aromatic N) is 1. The van der Waals surface area contributed by atoms with Crippen LogP contribution in [0, 0.1) is 10.1 Å². The molecule has 0 aromatic heterocycles. The van der Waals surface area contributed by atoms with Crippen LogP contribution in [-0.4, -0.2) is 21.1 Å². The van der Waals surface area contributed by atoms with Crippen molar-refractivity contribution in [3.8, 4) is 11.5 Å². The van der Waals surface area contributed by atoms with E-state index in [9.17, 15) is 14.9 Å². The van der Waals surface area contributed by atoms with E-state index in [4.69, 9.17) is 14.9 Å². The molecule has 2 rings (SSSR count). The maximum atomic E-state index is 11.0. The zero-order valence-corrected chi connectivity index (χ0v) is 10.7. The highest BCUT2D eigenvalue weighted by molar-refractivity contribution is 5.92. The highest BCUT2D eigenvalue weighted by Crippen LogP contribution is 2.24. The molecule has 0 radical (unpaired) electrons. The number of nitro groups is 1. The summed E-state index contributed by atoms with van der Waals surface area (Å²) in [4.78, 5) is 21.0. The minimum absolute atomic E-state index is 0.127. The summed E-state index contributed by atoms with van der Waals surface area (Å²) in [5.41, 5.74) is -0.147. The second-order valence-corrected chi connectivity index (χ2v) is 4.20. The van der Waals surface area contributed by atoms with Gasteiger partial charge in [-0.2, -0.15) is 0 Å². The molecule has 0 aliphatic carbocycles. The van der Waals surface area contributed by atoms with Gasteiger partial charge in [-0.25, -0.2) is 4.79 Å². The van der Waals surface area contributed by atoms with E-state index in [0.29, 0.717) is 0 Å². The first kappa shape index (κ1) is 14.3. The predicted octanol–water partition coefficient (Wildman–Crippen LogP) is 2.58. The summed E-state index contributed by atoms with van der Waals surface area (Å²) in [6, 6.07) is 9.84. The Kier molecular flexibility index (Phi) is 4.03. The summed E-state index contributed by atoms with van der Waals surface area (Å²) >= 11 is 0. The smallest absolute Gasteiger partial charge is 0.342 e. The molecule has 0 atom stereocenters. The van der Waals surface area contributed by atoms with Crippen LogP contribution in [0.4, 0.5) is 5.69 Å². The predicted molar refractivity (Wildman–Crippen MR) is 72.5 cm³/mol. The van der Waals surface area contributed by atoms with Gasteiger partial charge in [-0.1, -0.05) is 12.1 Å². The third kappa shape index (κ3) is 3.47. The highest BCUT2D eigenvalue weighted by atomic mass is 16.6. The Morgan fingerprint density at radius 1 is 1.19 bits per heavy atom. The van der Waals surface area contributed by atoms with Crippen molar-refractivity contribution in [2.24, 2.45) is 0 Å². The molecule has 0 heterocycles. The molecule has 2 aromatic carbocycles. The standard InChI is InChI=1S/C14H11NO6/c16-10-3-1-9(2-4-10)8-21-11-5-6-13(15(19)20)12(7-11)14(17)18/h1-7,16H,8H2,(H,17,18). The first-order valence-corrected chi connectivity index (χ1v) is 5.90. The van der Waals surface area contributed by atoms with E-state index in [2.05, 4.69) is 0 Å². The monoisotopic (exact) mass is 289 g/mol. The van der Waals surface area contributed by atoms with Crippen LogP contribution in [0.3, 0.4) is 0 Å². The van der Waals surface area contributed by atoms with Crippen molar-refractivity contribution in [2.45, 2.75) is 6.61 Å². The van der Waals surface area contributed by atoms with Crippen molar-refractivity contribution in [1.29, 1.82) is 0 Å². The summed E-state index contributed by atoms with van der Waals surface area (Å²) in [6.07, 6.45) is 0. The Balaban J connectivity index is 2.17. The Labute approximate surface area is 119 Å². The molecule has 2 N–H and O–H groups in total. The molecule has 0 fully saturated rings. The van der Waals surface area contributed by atoms with E-state index in [1.807, 2.05) is 0 Å². The van der Waals surface area contributed by atoms with E-state index in [1.54, 1.807) is 12.1 Å². The van der Waals surface area contributed by atoms with Crippen molar-refractivity contribution >= 4 is 11.7 Å². The molecule has 0 unspecified atom stereocenters. The van der Waals surface area contributed by atoms with Crippen molar-refractivity contribution in [2.75, 3.05) is 0 Å². The molecule has 0 amide bonds. The lowest BCUT2D eigenvalue weighted by molar-refractivity contribution is -0.385. The molecular weight excluding hydrogens is 278 g/mol. The van der Waals surface area contributed by atoms with Crippen molar-refractivity contribution in [3.05, 3.63) is 63.7 Å². The van der Waals surface area contributed by atoms with Gasteiger partial charge in [0.1, 0.15) is 23.7 Å². The molecule has 2 aromatic rings. The molecule has 0 bridgehead atoms. The number of aromatic carboxylic acids is 1. The normalized spacial score (nSPS) is 10.1. The number of hydrogen-bond donors (Lipinski definition) is 2. The van der Waals surface area contributed by atoms with E-state index in [1.165, 1.54) is 18.2 Å². The van der Waals surface area contributed by atoms with Gasteiger partial charge in [0.15, 0.2) is 0 Å². The molecule has 7 heteroatoms. The minimum Gasteiger partial charge on any atom is -0.508 e. The summed E-state index contributed by atoms with van der Waals surface area (Å²) in [5.74, 6) is -1.05. The van der Waals surface area contributed by atoms with Gasteiger partial charge < -0.3 is 14.9 Å². The van der Waals surface area contributed by atoms with Crippen LogP contribution >= 0.6 is 0 Å². The number of rotatable bonds is 5. The number of carbonyl (C=O) groups is 1. The van der Waals surface area contributed by atoms with Crippen LogP contribution < -0.4 is 4.74 Å². The number of phenols is 1. The largest absolute Gasteiger partial charge is 0.508 e. The van der Waals surface area contributed by atoms with Gasteiger partial charge in [0.25, 0.3) is 5.69 Å². The average molecular weight is 289 g/mol. The van der Waals surface area contributed by atoms with Crippen LogP contribution in [0.25, 0.3) is 0 Å². The Morgan fingerprint density at radius 2 is 1.86 bits per heavy atom. The van der Waals surface area contributed by atoms with E-state index >= 15 is 0 Å². The molecule has 108 valence electrons. The van der Waals surface area contributed by atoms with Crippen molar-refractivity contribution in [1.82, 2.24) is 0 Å². The number of phenolic OH excluding ortho intramolecular Hbond substituents is 1. The third-order valence-corrected chi connectivity index (χ3v) is 2.74. The van der Waals surface area contributed by atoms with E-state index < -0.39 is 22.1 Å². The maximum absolute atomic E-state index is 11.0. The van der Waals surface area contributed by atoms with Crippen LogP contribution in [-0.2, 0) is 6.61 Å². The fourth-order valence-electron chi connectivity index (χ4n) is 1.69. The maximum Gasteiger partial charge on any atom is 0.342 e. The zero-order valence-electron chi connectivity index (χ0n) is 10.7. The summed E-state index contributed by atoms with van der Waals surface area (Å²) in [5, 5.41) is 28.8. The Bertz CT molecular complexity index is 680. The van der Waals surface area contributed by atoms with Crippen LogP contribution in [0.15, 0.2) is 42.5 Å². The Morgan fingerprint density at radius 3 is 2.43 bits per heavy atom.